The van der Waals surface area contributed by atoms with Crippen molar-refractivity contribution in [1.82, 2.24) is 5.64 Å². The van der Waals surface area contributed by atoms with Crippen LogP contribution in [0.5, 0.6) is 0 Å². The van der Waals surface area contributed by atoms with Crippen LogP contribution in [0.4, 0.5) is 0 Å². The molecular formula is C17H17NO2S. The zero-order valence-electron chi connectivity index (χ0n) is 12.3. The highest BCUT2D eigenvalue weighted by atomic mass is 32.1. The first-order valence-electron chi connectivity index (χ1n) is 6.69. The van der Waals surface area contributed by atoms with Gasteiger partial charge in [0.05, 0.1) is 14.2 Å². The topological polar surface area (TPSA) is 30.5 Å². The summed E-state index contributed by atoms with van der Waals surface area (Å²) in [5, 5.41) is 5.53. The SMILES string of the molecule is CONOC.Cc1ccc(-c2c3ccc4cc3ccc24)s1. The molecule has 1 aromatic heterocycles. The molecule has 3 nitrogen and oxygen atoms in total. The summed E-state index contributed by atoms with van der Waals surface area (Å²) < 4.78 is 0. The lowest BCUT2D eigenvalue weighted by Gasteiger charge is -2.14. The van der Waals surface area contributed by atoms with Crippen molar-refractivity contribution in [3.8, 4) is 10.4 Å². The molecule has 0 aliphatic rings. The maximum Gasteiger partial charge on any atom is 0.0599 e. The fourth-order valence-electron chi connectivity index (χ4n) is 2.66. The molecule has 0 unspecified atom stereocenters. The summed E-state index contributed by atoms with van der Waals surface area (Å²) in [6.07, 6.45) is 0. The predicted molar refractivity (Wildman–Crippen MR) is 89.0 cm³/mol. The van der Waals surface area contributed by atoms with Crippen molar-refractivity contribution in [2.24, 2.45) is 0 Å². The Labute approximate surface area is 127 Å². The van der Waals surface area contributed by atoms with Gasteiger partial charge >= 0.3 is 0 Å². The molecule has 4 bridgehead atoms. The van der Waals surface area contributed by atoms with Crippen LogP contribution in [0.2, 0.25) is 0 Å². The van der Waals surface area contributed by atoms with Crippen LogP contribution in [0.15, 0.2) is 42.5 Å². The van der Waals surface area contributed by atoms with E-state index in [1.807, 2.05) is 11.3 Å². The molecule has 0 spiro atoms. The smallest absolute Gasteiger partial charge is 0.0599 e. The molecule has 0 saturated heterocycles. The third-order valence-electron chi connectivity index (χ3n) is 3.48. The van der Waals surface area contributed by atoms with E-state index in [2.05, 4.69) is 64.7 Å². The average molecular weight is 299 g/mol. The normalized spacial score (nSPS) is 11.2. The summed E-state index contributed by atoms with van der Waals surface area (Å²) in [6.45, 7) is 2.17. The zero-order valence-corrected chi connectivity index (χ0v) is 13.1. The van der Waals surface area contributed by atoms with Crippen LogP contribution in [0.3, 0.4) is 0 Å². The number of hydrogen-bond donors (Lipinski definition) is 1. The second kappa shape index (κ2) is 5.95. The van der Waals surface area contributed by atoms with Gasteiger partial charge in [0.25, 0.3) is 0 Å². The molecule has 0 aliphatic heterocycles. The molecule has 6 aromatic rings. The van der Waals surface area contributed by atoms with Gasteiger partial charge in [-0.1, -0.05) is 29.9 Å². The zero-order chi connectivity index (χ0) is 14.8. The van der Waals surface area contributed by atoms with Gasteiger partial charge < -0.3 is 0 Å². The highest BCUT2D eigenvalue weighted by molar-refractivity contribution is 7.15. The summed E-state index contributed by atoms with van der Waals surface area (Å²) >= 11 is 1.89. The molecule has 0 amide bonds. The van der Waals surface area contributed by atoms with E-state index in [0.717, 1.165) is 0 Å². The molecule has 21 heavy (non-hydrogen) atoms. The summed E-state index contributed by atoms with van der Waals surface area (Å²) in [6, 6.07) is 15.7. The Morgan fingerprint density at radius 1 is 0.857 bits per heavy atom. The van der Waals surface area contributed by atoms with Crippen molar-refractivity contribution in [3.05, 3.63) is 47.3 Å². The fraction of sp³-hybridized carbons (Fsp3) is 0.176. The first kappa shape index (κ1) is 14.2. The number of rotatable bonds is 3. The molecule has 108 valence electrons. The van der Waals surface area contributed by atoms with E-state index in [1.54, 1.807) is 0 Å². The van der Waals surface area contributed by atoms with E-state index in [4.69, 9.17) is 0 Å². The molecule has 6 rings (SSSR count). The number of aryl methyl sites for hydroxylation is 1. The maximum atomic E-state index is 4.22. The molecule has 1 heterocycles. The lowest BCUT2D eigenvalue weighted by Crippen LogP contribution is -2.07. The van der Waals surface area contributed by atoms with E-state index in [1.165, 1.54) is 51.1 Å². The number of nitrogens with one attached hydrogen (secondary N) is 1. The van der Waals surface area contributed by atoms with Gasteiger partial charge in [0.1, 0.15) is 0 Å². The Hall–Kier alpha value is -1.72. The first-order chi connectivity index (χ1) is 10.2. The van der Waals surface area contributed by atoms with E-state index in [-0.39, 0.29) is 0 Å². The van der Waals surface area contributed by atoms with Gasteiger partial charge in [0, 0.05) is 15.3 Å². The van der Waals surface area contributed by atoms with Crippen LogP contribution in [-0.4, -0.2) is 14.2 Å². The predicted octanol–water partition coefficient (Wildman–Crippen LogP) is 4.60. The minimum Gasteiger partial charge on any atom is -0.280 e. The van der Waals surface area contributed by atoms with Gasteiger partial charge in [-0.15, -0.1) is 11.3 Å². The Bertz CT molecular complexity index is 778. The molecular weight excluding hydrogens is 282 g/mol. The number of hydrogen-bond acceptors (Lipinski definition) is 4. The van der Waals surface area contributed by atoms with Crippen LogP contribution in [0.1, 0.15) is 4.88 Å². The van der Waals surface area contributed by atoms with Crippen LogP contribution >= 0.6 is 11.3 Å². The lowest BCUT2D eigenvalue weighted by molar-refractivity contribution is -0.130. The van der Waals surface area contributed by atoms with Gasteiger partial charge in [-0.25, -0.2) is 0 Å². The lowest BCUT2D eigenvalue weighted by atomic mass is 9.91. The van der Waals surface area contributed by atoms with E-state index in [0.29, 0.717) is 0 Å². The van der Waals surface area contributed by atoms with E-state index >= 15 is 0 Å². The molecule has 5 aromatic carbocycles. The number of benzene rings is 5. The first-order valence-corrected chi connectivity index (χ1v) is 7.51. The molecule has 0 atom stereocenters. The Kier molecular flexibility index (Phi) is 4.03. The summed E-state index contributed by atoms with van der Waals surface area (Å²) in [4.78, 5) is 11.2. The van der Waals surface area contributed by atoms with Gasteiger partial charge in [0.15, 0.2) is 0 Å². The average Bonchev–Trinajstić information content (AvgIpc) is 2.95. The molecule has 4 heteroatoms. The van der Waals surface area contributed by atoms with Crippen LogP contribution in [-0.2, 0) is 9.68 Å². The largest absolute Gasteiger partial charge is 0.280 e. The summed E-state index contributed by atoms with van der Waals surface area (Å²) in [7, 11) is 2.95. The second-order valence-corrected chi connectivity index (χ2v) is 6.11. The van der Waals surface area contributed by atoms with Crippen molar-refractivity contribution in [2.45, 2.75) is 6.92 Å². The Morgan fingerprint density at radius 2 is 1.48 bits per heavy atom. The van der Waals surface area contributed by atoms with Crippen LogP contribution in [0, 0.1) is 6.92 Å². The van der Waals surface area contributed by atoms with Crippen molar-refractivity contribution in [2.75, 3.05) is 14.2 Å². The molecule has 0 saturated carbocycles. The summed E-state index contributed by atoms with van der Waals surface area (Å²) in [5.41, 5.74) is 3.55. The van der Waals surface area contributed by atoms with Crippen LogP contribution < -0.4 is 5.64 Å². The molecule has 0 radical (unpaired) electrons. The van der Waals surface area contributed by atoms with Crippen molar-refractivity contribution in [3.63, 3.8) is 0 Å². The van der Waals surface area contributed by atoms with Crippen molar-refractivity contribution < 1.29 is 9.68 Å². The monoisotopic (exact) mass is 299 g/mol. The van der Waals surface area contributed by atoms with Gasteiger partial charge in [0.2, 0.25) is 0 Å². The minimum atomic E-state index is 1.37. The van der Waals surface area contributed by atoms with Crippen molar-refractivity contribution in [1.29, 1.82) is 0 Å². The second-order valence-electron chi connectivity index (χ2n) is 4.83. The van der Waals surface area contributed by atoms with Gasteiger partial charge in [-0.3, -0.25) is 9.68 Å². The third kappa shape index (κ3) is 2.59. The molecule has 0 fully saturated rings. The van der Waals surface area contributed by atoms with Gasteiger partial charge in [-0.05, 0) is 46.7 Å². The van der Waals surface area contributed by atoms with E-state index in [9.17, 15) is 0 Å². The fourth-order valence-corrected chi connectivity index (χ4v) is 3.60. The Balaban J connectivity index is 0.000000233. The quantitative estimate of drug-likeness (QED) is 0.561. The molecule has 0 aliphatic carbocycles. The number of thiophene rings is 1. The Morgan fingerprint density at radius 3 is 1.90 bits per heavy atom. The van der Waals surface area contributed by atoms with Crippen LogP contribution in [0.25, 0.3) is 32.0 Å². The maximum absolute atomic E-state index is 4.22. The highest BCUT2D eigenvalue weighted by Crippen LogP contribution is 2.42. The number of fused-ring (bicyclic) bond motifs is 2. The highest BCUT2D eigenvalue weighted by Gasteiger charge is 2.14. The minimum absolute atomic E-state index is 1.37. The third-order valence-corrected chi connectivity index (χ3v) is 4.50. The van der Waals surface area contributed by atoms with E-state index < -0.39 is 0 Å². The van der Waals surface area contributed by atoms with Gasteiger partial charge in [-0.2, -0.15) is 0 Å². The molecule has 1 N–H and O–H groups in total. The van der Waals surface area contributed by atoms with Crippen molar-refractivity contribution >= 4 is 32.9 Å². The summed E-state index contributed by atoms with van der Waals surface area (Å²) in [5.74, 6) is 0. The standard InChI is InChI=1S/C15H10S.C2H7NO2/c1-9-2-7-14(16-9)15-12-5-3-10-8-11(12)4-6-13(10)15;1-4-3-5-2/h2-8H,1H3;3H,1-2H3.